The van der Waals surface area contributed by atoms with Crippen LogP contribution in [0, 0.1) is 0 Å². The van der Waals surface area contributed by atoms with E-state index in [9.17, 15) is 18.0 Å². The monoisotopic (exact) mass is 276 g/mol. The third-order valence-electron chi connectivity index (χ3n) is 3.55. The summed E-state index contributed by atoms with van der Waals surface area (Å²) in [6, 6.07) is -1.04. The number of halogens is 3. The van der Waals surface area contributed by atoms with Crippen LogP contribution in [0.1, 0.15) is 56.1 Å². The van der Waals surface area contributed by atoms with E-state index >= 15 is 0 Å². The fraction of sp³-hybridized carbons (Fsp3) is 0.667. The van der Waals surface area contributed by atoms with Gasteiger partial charge in [-0.1, -0.05) is 12.8 Å². The molecule has 1 aromatic rings. The maximum atomic E-state index is 12.7. The van der Waals surface area contributed by atoms with Crippen molar-refractivity contribution in [3.63, 3.8) is 0 Å². The van der Waals surface area contributed by atoms with E-state index in [1.54, 1.807) is 0 Å². The molecule has 0 radical (unpaired) electrons. The predicted octanol–water partition coefficient (Wildman–Crippen LogP) is 3.21. The summed E-state index contributed by atoms with van der Waals surface area (Å²) in [5.41, 5.74) is -1.01. The first-order valence-electron chi connectivity index (χ1n) is 6.19. The summed E-state index contributed by atoms with van der Waals surface area (Å²) in [6.45, 7) is 1.36. The van der Waals surface area contributed by atoms with Crippen molar-refractivity contribution in [3.05, 3.63) is 17.7 Å². The predicted molar refractivity (Wildman–Crippen MR) is 60.8 cm³/mol. The van der Waals surface area contributed by atoms with E-state index < -0.39 is 23.9 Å². The maximum Gasteiger partial charge on any atom is 0.434 e. The standard InChI is InChI=1S/C12H15F3N2O2/c1-7(11(18)19)17-6-9(12(13,14)15)16-10(17)8-4-2-3-5-8/h6-8H,2-5H2,1H3,(H,18,19). The lowest BCUT2D eigenvalue weighted by atomic mass is 10.1. The summed E-state index contributed by atoms with van der Waals surface area (Å²) in [7, 11) is 0. The molecule has 2 rings (SSSR count). The molecule has 0 saturated heterocycles. The van der Waals surface area contributed by atoms with Crippen LogP contribution in [0.5, 0.6) is 0 Å². The molecule has 0 amide bonds. The minimum Gasteiger partial charge on any atom is -0.480 e. The quantitative estimate of drug-likeness (QED) is 0.922. The lowest BCUT2D eigenvalue weighted by molar-refractivity contribution is -0.142. The van der Waals surface area contributed by atoms with Gasteiger partial charge in [-0.3, -0.25) is 0 Å². The average Bonchev–Trinajstić information content (AvgIpc) is 2.95. The number of carbonyl (C=O) groups is 1. The average molecular weight is 276 g/mol. The highest BCUT2D eigenvalue weighted by molar-refractivity contribution is 5.71. The van der Waals surface area contributed by atoms with Crippen LogP contribution in [-0.2, 0) is 11.0 Å². The van der Waals surface area contributed by atoms with Crippen molar-refractivity contribution in [1.29, 1.82) is 0 Å². The van der Waals surface area contributed by atoms with Gasteiger partial charge in [0.1, 0.15) is 11.9 Å². The summed E-state index contributed by atoms with van der Waals surface area (Å²) in [5.74, 6) is -0.983. The summed E-state index contributed by atoms with van der Waals surface area (Å²) in [4.78, 5) is 14.6. The molecule has 106 valence electrons. The zero-order valence-corrected chi connectivity index (χ0v) is 10.4. The molecule has 1 saturated carbocycles. The van der Waals surface area contributed by atoms with Crippen LogP contribution >= 0.6 is 0 Å². The Morgan fingerprint density at radius 2 is 2.05 bits per heavy atom. The molecular weight excluding hydrogens is 261 g/mol. The first-order valence-corrected chi connectivity index (χ1v) is 6.19. The molecule has 0 aromatic carbocycles. The number of nitrogens with zero attached hydrogens (tertiary/aromatic N) is 2. The molecule has 0 spiro atoms. The van der Waals surface area contributed by atoms with Crippen molar-refractivity contribution in [3.8, 4) is 0 Å². The van der Waals surface area contributed by atoms with E-state index in [1.807, 2.05) is 0 Å². The topological polar surface area (TPSA) is 55.1 Å². The first-order chi connectivity index (χ1) is 8.80. The van der Waals surface area contributed by atoms with E-state index in [0.717, 1.165) is 36.4 Å². The summed E-state index contributed by atoms with van der Waals surface area (Å²) in [6.07, 6.45) is -0.314. The van der Waals surface area contributed by atoms with Crippen LogP contribution in [0.15, 0.2) is 6.20 Å². The van der Waals surface area contributed by atoms with Gasteiger partial charge in [0.05, 0.1) is 0 Å². The maximum absolute atomic E-state index is 12.7. The van der Waals surface area contributed by atoms with Gasteiger partial charge >= 0.3 is 12.1 Å². The highest BCUT2D eigenvalue weighted by Gasteiger charge is 2.37. The molecule has 1 aliphatic rings. The van der Waals surface area contributed by atoms with Crippen LogP contribution in [0.4, 0.5) is 13.2 Å². The number of carboxylic acid groups (broad SMARTS) is 1. The molecule has 19 heavy (non-hydrogen) atoms. The second-order valence-electron chi connectivity index (χ2n) is 4.88. The van der Waals surface area contributed by atoms with Crippen molar-refractivity contribution < 1.29 is 23.1 Å². The van der Waals surface area contributed by atoms with Gasteiger partial charge in [0.15, 0.2) is 5.69 Å². The Hall–Kier alpha value is -1.53. The normalized spacial score (nSPS) is 18.7. The lowest BCUT2D eigenvalue weighted by Gasteiger charge is -2.15. The van der Waals surface area contributed by atoms with Gasteiger partial charge in [0.25, 0.3) is 0 Å². The largest absolute Gasteiger partial charge is 0.480 e. The molecule has 1 N–H and O–H groups in total. The summed E-state index contributed by atoms with van der Waals surface area (Å²) >= 11 is 0. The molecule has 1 aromatic heterocycles. The molecule has 1 fully saturated rings. The number of imidazole rings is 1. The second-order valence-corrected chi connectivity index (χ2v) is 4.88. The third-order valence-corrected chi connectivity index (χ3v) is 3.55. The van der Waals surface area contributed by atoms with Crippen LogP contribution < -0.4 is 0 Å². The van der Waals surface area contributed by atoms with Crippen molar-refractivity contribution >= 4 is 5.97 Å². The van der Waals surface area contributed by atoms with Crippen molar-refractivity contribution in [2.45, 2.75) is 50.7 Å². The number of aliphatic carboxylic acids is 1. The Balaban J connectivity index is 2.43. The SMILES string of the molecule is CC(C(=O)O)n1cc(C(F)(F)F)nc1C1CCCC1. The van der Waals surface area contributed by atoms with E-state index in [2.05, 4.69) is 4.98 Å². The molecule has 7 heteroatoms. The number of carboxylic acids is 1. The Bertz CT molecular complexity index is 476. The summed E-state index contributed by atoms with van der Waals surface area (Å²) < 4.78 is 39.3. The van der Waals surface area contributed by atoms with Crippen molar-refractivity contribution in [2.75, 3.05) is 0 Å². The van der Waals surface area contributed by atoms with E-state index in [0.29, 0.717) is 0 Å². The van der Waals surface area contributed by atoms with Crippen LogP contribution in [-0.4, -0.2) is 20.6 Å². The zero-order valence-electron chi connectivity index (χ0n) is 10.4. The number of hydrogen-bond acceptors (Lipinski definition) is 2. The summed E-state index contributed by atoms with van der Waals surface area (Å²) in [5, 5.41) is 8.98. The van der Waals surface area contributed by atoms with Gasteiger partial charge in [-0.15, -0.1) is 0 Å². The minimum atomic E-state index is -4.54. The van der Waals surface area contributed by atoms with Crippen molar-refractivity contribution in [1.82, 2.24) is 9.55 Å². The Morgan fingerprint density at radius 3 is 2.53 bits per heavy atom. The number of alkyl halides is 3. The van der Waals surface area contributed by atoms with Crippen LogP contribution in [0.25, 0.3) is 0 Å². The molecule has 1 aliphatic carbocycles. The molecule has 1 unspecified atom stereocenters. The lowest BCUT2D eigenvalue weighted by Crippen LogP contribution is -2.18. The van der Waals surface area contributed by atoms with Gasteiger partial charge in [-0.05, 0) is 19.8 Å². The molecular formula is C12H15F3N2O2. The molecule has 0 aliphatic heterocycles. The number of hydrogen-bond donors (Lipinski definition) is 1. The Labute approximate surface area is 108 Å². The number of aromatic nitrogens is 2. The van der Waals surface area contributed by atoms with E-state index in [4.69, 9.17) is 5.11 Å². The van der Waals surface area contributed by atoms with Gasteiger partial charge in [-0.25, -0.2) is 9.78 Å². The van der Waals surface area contributed by atoms with Crippen molar-refractivity contribution in [2.24, 2.45) is 0 Å². The fourth-order valence-electron chi connectivity index (χ4n) is 2.46. The van der Waals surface area contributed by atoms with Crippen LogP contribution in [0.2, 0.25) is 0 Å². The third kappa shape index (κ3) is 2.74. The van der Waals surface area contributed by atoms with Crippen LogP contribution in [0.3, 0.4) is 0 Å². The van der Waals surface area contributed by atoms with E-state index in [-0.39, 0.29) is 11.7 Å². The molecule has 1 atom stereocenters. The van der Waals surface area contributed by atoms with Gasteiger partial charge in [0.2, 0.25) is 0 Å². The minimum absolute atomic E-state index is 0.0714. The van der Waals surface area contributed by atoms with Gasteiger partial charge < -0.3 is 9.67 Å². The number of rotatable bonds is 3. The fourth-order valence-corrected chi connectivity index (χ4v) is 2.46. The molecule has 0 bridgehead atoms. The van der Waals surface area contributed by atoms with Gasteiger partial charge in [0, 0.05) is 12.1 Å². The van der Waals surface area contributed by atoms with E-state index in [1.165, 1.54) is 6.92 Å². The van der Waals surface area contributed by atoms with Gasteiger partial charge in [-0.2, -0.15) is 13.2 Å². The smallest absolute Gasteiger partial charge is 0.434 e. The molecule has 1 heterocycles. The highest BCUT2D eigenvalue weighted by Crippen LogP contribution is 2.37. The zero-order chi connectivity index (χ0) is 14.2. The Kier molecular flexibility index (Phi) is 3.56. The first kappa shape index (κ1) is 13.9. The highest BCUT2D eigenvalue weighted by atomic mass is 19.4. The second kappa shape index (κ2) is 4.86. The Morgan fingerprint density at radius 1 is 1.47 bits per heavy atom. The molecule has 4 nitrogen and oxygen atoms in total.